The first kappa shape index (κ1) is 11.0. The van der Waals surface area contributed by atoms with Gasteiger partial charge in [0.1, 0.15) is 11.2 Å². The van der Waals surface area contributed by atoms with Gasteiger partial charge in [-0.25, -0.2) is 0 Å². The van der Waals surface area contributed by atoms with E-state index in [-0.39, 0.29) is 0 Å². The van der Waals surface area contributed by atoms with Gasteiger partial charge in [-0.2, -0.15) is 5.10 Å². The van der Waals surface area contributed by atoms with Crippen LogP contribution in [0.3, 0.4) is 0 Å². The highest BCUT2D eigenvalue weighted by Crippen LogP contribution is 2.24. The van der Waals surface area contributed by atoms with Gasteiger partial charge in [-0.3, -0.25) is 9.48 Å². The van der Waals surface area contributed by atoms with E-state index in [2.05, 4.69) is 9.84 Å². The highest BCUT2D eigenvalue weighted by atomic mass is 35.5. The zero-order chi connectivity index (χ0) is 10.9. The van der Waals surface area contributed by atoms with Crippen LogP contribution >= 0.6 is 11.6 Å². The number of rotatable bonds is 2. The van der Waals surface area contributed by atoms with Crippen molar-refractivity contribution in [2.45, 2.75) is 13.0 Å². The number of hydrogen-bond donors (Lipinski definition) is 1. The van der Waals surface area contributed by atoms with Gasteiger partial charge in [0.25, 0.3) is 0 Å². The van der Waals surface area contributed by atoms with Gasteiger partial charge < -0.3 is 10.5 Å². The molecule has 0 aromatic carbocycles. The van der Waals surface area contributed by atoms with Crippen LogP contribution in [0.4, 0.5) is 0 Å². The molecule has 0 radical (unpaired) electrons. The summed E-state index contributed by atoms with van der Waals surface area (Å²) >= 11 is 5.92. The van der Waals surface area contributed by atoms with Crippen LogP contribution < -0.4 is 5.73 Å². The number of aromatic nitrogens is 2. The zero-order valence-electron chi connectivity index (χ0n) is 8.24. The van der Waals surface area contributed by atoms with Crippen molar-refractivity contribution in [1.82, 2.24) is 9.78 Å². The van der Waals surface area contributed by atoms with E-state index in [1.54, 1.807) is 14.0 Å². The van der Waals surface area contributed by atoms with Crippen molar-refractivity contribution < 1.29 is 9.53 Å². The molecule has 0 spiro atoms. The van der Waals surface area contributed by atoms with E-state index in [0.717, 1.165) is 0 Å². The topological polar surface area (TPSA) is 70.1 Å². The summed E-state index contributed by atoms with van der Waals surface area (Å²) < 4.78 is 5.99. The molecular formula is C8H12ClN3O2. The number of esters is 1. The summed E-state index contributed by atoms with van der Waals surface area (Å²) in [5, 5.41) is 4.41. The van der Waals surface area contributed by atoms with Crippen molar-refractivity contribution in [3.63, 3.8) is 0 Å². The molecule has 0 fully saturated rings. The second-order valence-electron chi connectivity index (χ2n) is 2.91. The van der Waals surface area contributed by atoms with E-state index >= 15 is 0 Å². The van der Waals surface area contributed by atoms with Crippen LogP contribution in [0.15, 0.2) is 0 Å². The van der Waals surface area contributed by atoms with Crippen LogP contribution in [0.5, 0.6) is 0 Å². The van der Waals surface area contributed by atoms with E-state index in [4.69, 9.17) is 17.3 Å². The summed E-state index contributed by atoms with van der Waals surface area (Å²) in [7, 11) is 2.96. The average molecular weight is 218 g/mol. The van der Waals surface area contributed by atoms with Crippen LogP contribution in [0, 0.1) is 6.92 Å². The number of aryl methyl sites for hydroxylation is 2. The predicted molar refractivity (Wildman–Crippen MR) is 51.9 cm³/mol. The first-order chi connectivity index (χ1) is 6.49. The lowest BCUT2D eigenvalue weighted by Crippen LogP contribution is -2.23. The third-order valence-corrected chi connectivity index (χ3v) is 2.41. The highest BCUT2D eigenvalue weighted by molar-refractivity contribution is 6.30. The number of ether oxygens (including phenoxy) is 1. The van der Waals surface area contributed by atoms with Crippen molar-refractivity contribution in [2.75, 3.05) is 7.11 Å². The molecule has 1 aromatic rings. The molecule has 0 saturated heterocycles. The van der Waals surface area contributed by atoms with E-state index in [9.17, 15) is 4.79 Å². The number of nitrogens with two attached hydrogens (primary N) is 1. The number of nitrogens with zero attached hydrogens (tertiary/aromatic N) is 2. The molecule has 78 valence electrons. The smallest absolute Gasteiger partial charge is 0.327 e. The van der Waals surface area contributed by atoms with Gasteiger partial charge in [0.2, 0.25) is 0 Å². The molecular weight excluding hydrogens is 206 g/mol. The molecule has 0 amide bonds. The van der Waals surface area contributed by atoms with Crippen LogP contribution in [0.1, 0.15) is 17.3 Å². The Labute approximate surface area is 86.8 Å². The van der Waals surface area contributed by atoms with Crippen molar-refractivity contribution >= 4 is 17.6 Å². The summed E-state index contributed by atoms with van der Waals surface area (Å²) in [4.78, 5) is 11.2. The Kier molecular flexibility index (Phi) is 3.13. The summed E-state index contributed by atoms with van der Waals surface area (Å²) in [6.07, 6.45) is 0. The number of carbonyl (C=O) groups excluding carboxylic acids is 1. The van der Waals surface area contributed by atoms with Gasteiger partial charge in [0.15, 0.2) is 0 Å². The minimum Gasteiger partial charge on any atom is -0.468 e. The molecule has 0 aliphatic carbocycles. The standard InChI is InChI=1S/C8H12ClN3O2/c1-4-5(6(10)8(13)14-3)7(9)12(2)11-4/h6H,10H2,1-3H3. The second kappa shape index (κ2) is 3.98. The summed E-state index contributed by atoms with van der Waals surface area (Å²) in [5.41, 5.74) is 6.80. The fraction of sp³-hybridized carbons (Fsp3) is 0.500. The normalized spacial score (nSPS) is 12.6. The molecule has 1 aromatic heterocycles. The fourth-order valence-corrected chi connectivity index (χ4v) is 1.54. The molecule has 1 rings (SSSR count). The molecule has 5 nitrogen and oxygen atoms in total. The van der Waals surface area contributed by atoms with Crippen molar-refractivity contribution in [2.24, 2.45) is 12.8 Å². The number of halogens is 1. The second-order valence-corrected chi connectivity index (χ2v) is 3.27. The average Bonchev–Trinajstić information content (AvgIpc) is 2.39. The van der Waals surface area contributed by atoms with Gasteiger partial charge >= 0.3 is 5.97 Å². The summed E-state index contributed by atoms with van der Waals surface area (Å²) in [6, 6.07) is -0.874. The van der Waals surface area contributed by atoms with Crippen molar-refractivity contribution in [3.05, 3.63) is 16.4 Å². The van der Waals surface area contributed by atoms with Gasteiger partial charge in [-0.15, -0.1) is 0 Å². The zero-order valence-corrected chi connectivity index (χ0v) is 9.00. The molecule has 1 atom stereocenters. The minimum atomic E-state index is -0.874. The van der Waals surface area contributed by atoms with Gasteiger partial charge in [-0.05, 0) is 6.92 Å². The lowest BCUT2D eigenvalue weighted by atomic mass is 10.1. The van der Waals surface area contributed by atoms with Crippen LogP contribution in [-0.4, -0.2) is 22.9 Å². The number of hydrogen-bond acceptors (Lipinski definition) is 4. The van der Waals surface area contributed by atoms with Crippen LogP contribution in [0.25, 0.3) is 0 Å². The molecule has 0 aliphatic heterocycles. The Morgan fingerprint density at radius 3 is 2.64 bits per heavy atom. The first-order valence-corrected chi connectivity index (χ1v) is 4.39. The van der Waals surface area contributed by atoms with E-state index in [1.807, 2.05) is 0 Å². The van der Waals surface area contributed by atoms with Crippen LogP contribution in [-0.2, 0) is 16.6 Å². The SMILES string of the molecule is COC(=O)C(N)c1c(C)nn(C)c1Cl. The van der Waals surface area contributed by atoms with E-state index in [0.29, 0.717) is 16.4 Å². The molecule has 0 saturated carbocycles. The molecule has 6 heteroatoms. The maximum absolute atomic E-state index is 11.2. The Morgan fingerprint density at radius 1 is 1.71 bits per heavy atom. The lowest BCUT2D eigenvalue weighted by molar-refractivity contribution is -0.142. The Hall–Kier alpha value is -1.07. The minimum absolute atomic E-state index is 0.361. The monoisotopic (exact) mass is 217 g/mol. The molecule has 0 bridgehead atoms. The molecule has 1 unspecified atom stereocenters. The third kappa shape index (κ3) is 1.73. The van der Waals surface area contributed by atoms with Gasteiger partial charge in [0.05, 0.1) is 12.8 Å². The van der Waals surface area contributed by atoms with Crippen LogP contribution in [0.2, 0.25) is 5.15 Å². The van der Waals surface area contributed by atoms with Crippen molar-refractivity contribution in [3.8, 4) is 0 Å². The number of carbonyl (C=O) groups is 1. The molecule has 14 heavy (non-hydrogen) atoms. The fourth-order valence-electron chi connectivity index (χ4n) is 1.24. The first-order valence-electron chi connectivity index (χ1n) is 4.01. The predicted octanol–water partition coefficient (Wildman–Crippen LogP) is 0.555. The number of methoxy groups -OCH3 is 1. The Morgan fingerprint density at radius 2 is 2.29 bits per heavy atom. The lowest BCUT2D eigenvalue weighted by Gasteiger charge is -2.08. The Balaban J connectivity index is 3.12. The van der Waals surface area contributed by atoms with Crippen molar-refractivity contribution in [1.29, 1.82) is 0 Å². The molecule has 2 N–H and O–H groups in total. The summed E-state index contributed by atoms with van der Waals surface area (Å²) in [5.74, 6) is -0.525. The van der Waals surface area contributed by atoms with Gasteiger partial charge in [-0.1, -0.05) is 11.6 Å². The largest absolute Gasteiger partial charge is 0.468 e. The third-order valence-electron chi connectivity index (χ3n) is 1.96. The quantitative estimate of drug-likeness (QED) is 0.735. The van der Waals surface area contributed by atoms with Gasteiger partial charge in [0, 0.05) is 12.6 Å². The molecule has 1 heterocycles. The maximum atomic E-state index is 11.2. The van der Waals surface area contributed by atoms with E-state index in [1.165, 1.54) is 11.8 Å². The highest BCUT2D eigenvalue weighted by Gasteiger charge is 2.24. The Bertz CT molecular complexity index is 362. The molecule has 0 aliphatic rings. The maximum Gasteiger partial charge on any atom is 0.327 e. The summed E-state index contributed by atoms with van der Waals surface area (Å²) in [6.45, 7) is 1.74. The van der Waals surface area contributed by atoms with E-state index < -0.39 is 12.0 Å².